The van der Waals surface area contributed by atoms with Gasteiger partial charge in [0.1, 0.15) is 18.2 Å². The fourth-order valence-electron chi connectivity index (χ4n) is 4.85. The molecule has 1 unspecified atom stereocenters. The number of amides is 2. The molecule has 4 atom stereocenters. The monoisotopic (exact) mass is 514 g/mol. The lowest BCUT2D eigenvalue weighted by Gasteiger charge is -2.39. The van der Waals surface area contributed by atoms with Crippen molar-refractivity contribution in [3.05, 3.63) is 48.0 Å². The molecule has 3 rings (SSSR count). The van der Waals surface area contributed by atoms with Crippen LogP contribution in [0.4, 0.5) is 4.79 Å². The van der Waals surface area contributed by atoms with Gasteiger partial charge >= 0.3 is 18.0 Å². The van der Waals surface area contributed by atoms with Crippen molar-refractivity contribution in [1.29, 1.82) is 0 Å². The van der Waals surface area contributed by atoms with Gasteiger partial charge in [0.2, 0.25) is 5.91 Å². The first-order chi connectivity index (χ1) is 17.6. The number of ether oxygens (including phenoxy) is 3. The molecule has 2 aliphatic rings. The highest BCUT2D eigenvalue weighted by molar-refractivity contribution is 5.88. The van der Waals surface area contributed by atoms with Gasteiger partial charge in [-0.25, -0.2) is 9.59 Å². The van der Waals surface area contributed by atoms with Crippen molar-refractivity contribution < 1.29 is 33.4 Å². The minimum Gasteiger partial charge on any atom is -0.463 e. The largest absolute Gasteiger partial charge is 0.463 e. The van der Waals surface area contributed by atoms with E-state index in [1.807, 2.05) is 51.1 Å². The fraction of sp³-hybridized carbons (Fsp3) is 0.571. The predicted molar refractivity (Wildman–Crippen MR) is 136 cm³/mol. The van der Waals surface area contributed by atoms with Crippen LogP contribution in [-0.4, -0.2) is 59.7 Å². The SMILES string of the molecule is CCOC(=O)C=CC1C[C@H](C(=O)OC(C)(C)C)CC[C@@H]1N1CC[C@H](NC(=O)OCc2ccccc2)C1=O. The van der Waals surface area contributed by atoms with Gasteiger partial charge in [-0.2, -0.15) is 0 Å². The molecule has 1 N–H and O–H groups in total. The van der Waals surface area contributed by atoms with Crippen molar-refractivity contribution in [2.45, 2.75) is 77.7 Å². The minimum absolute atomic E-state index is 0.118. The zero-order chi connectivity index (χ0) is 27.0. The Morgan fingerprint density at radius 1 is 1.08 bits per heavy atom. The van der Waals surface area contributed by atoms with Gasteiger partial charge in [0.15, 0.2) is 0 Å². The molecule has 1 aliphatic carbocycles. The molecule has 0 radical (unpaired) electrons. The summed E-state index contributed by atoms with van der Waals surface area (Å²) in [6.07, 6.45) is 4.53. The van der Waals surface area contributed by atoms with E-state index < -0.39 is 23.7 Å². The highest BCUT2D eigenvalue weighted by Gasteiger charge is 2.43. The Labute approximate surface area is 218 Å². The van der Waals surface area contributed by atoms with E-state index in [1.165, 1.54) is 6.08 Å². The normalized spacial score (nSPS) is 24.1. The second-order valence-corrected chi connectivity index (χ2v) is 10.5. The number of carbonyl (C=O) groups is 4. The van der Waals surface area contributed by atoms with Crippen molar-refractivity contribution in [2.24, 2.45) is 11.8 Å². The lowest BCUT2D eigenvalue weighted by atomic mass is 9.77. The molecule has 1 heterocycles. The van der Waals surface area contributed by atoms with Crippen LogP contribution >= 0.6 is 0 Å². The smallest absolute Gasteiger partial charge is 0.408 e. The number of esters is 2. The molecule has 1 aromatic carbocycles. The second-order valence-electron chi connectivity index (χ2n) is 10.5. The summed E-state index contributed by atoms with van der Waals surface area (Å²) in [4.78, 5) is 52.1. The van der Waals surface area contributed by atoms with Crippen LogP contribution in [0.25, 0.3) is 0 Å². The van der Waals surface area contributed by atoms with E-state index in [1.54, 1.807) is 17.9 Å². The molecular weight excluding hydrogens is 476 g/mol. The van der Waals surface area contributed by atoms with E-state index >= 15 is 0 Å². The summed E-state index contributed by atoms with van der Waals surface area (Å²) in [5.74, 6) is -1.48. The van der Waals surface area contributed by atoms with Gasteiger partial charge < -0.3 is 24.4 Å². The second kappa shape index (κ2) is 12.7. The zero-order valence-electron chi connectivity index (χ0n) is 22.1. The van der Waals surface area contributed by atoms with Crippen molar-refractivity contribution in [3.8, 4) is 0 Å². The summed E-state index contributed by atoms with van der Waals surface area (Å²) >= 11 is 0. The molecule has 9 heteroatoms. The third-order valence-corrected chi connectivity index (χ3v) is 6.51. The third-order valence-electron chi connectivity index (χ3n) is 6.51. The summed E-state index contributed by atoms with van der Waals surface area (Å²) in [6, 6.07) is 8.43. The van der Waals surface area contributed by atoms with Crippen LogP contribution in [0.3, 0.4) is 0 Å². The van der Waals surface area contributed by atoms with E-state index in [0.717, 1.165) is 5.56 Å². The predicted octanol–water partition coefficient (Wildman–Crippen LogP) is 3.76. The molecule has 2 fully saturated rings. The third kappa shape index (κ3) is 8.33. The van der Waals surface area contributed by atoms with Gasteiger partial charge in [-0.15, -0.1) is 0 Å². The number of likely N-dealkylation sites (tertiary alicyclic amines) is 1. The molecular formula is C28H38N2O7. The number of hydrogen-bond acceptors (Lipinski definition) is 7. The molecule has 0 spiro atoms. The standard InChI is InChI=1S/C28H38N2O7/c1-5-35-24(31)14-12-20-17-21(26(33)37-28(2,3)4)11-13-23(20)30-16-15-22(25(30)32)29-27(34)36-18-19-9-7-6-8-10-19/h6-10,12,14,20-23H,5,11,13,15-18H2,1-4H3,(H,29,34)/t20?,21-,22+,23+/m1/s1. The molecule has 1 aliphatic heterocycles. The lowest BCUT2D eigenvalue weighted by Crippen LogP contribution is -2.49. The number of alkyl carbamates (subject to hydrolysis) is 1. The van der Waals surface area contributed by atoms with Crippen molar-refractivity contribution >= 4 is 23.9 Å². The molecule has 1 saturated heterocycles. The topological polar surface area (TPSA) is 111 Å². The van der Waals surface area contributed by atoms with E-state index in [-0.39, 0.29) is 43.0 Å². The van der Waals surface area contributed by atoms with Crippen LogP contribution in [0.2, 0.25) is 0 Å². The van der Waals surface area contributed by atoms with Crippen LogP contribution in [0.5, 0.6) is 0 Å². The lowest BCUT2D eigenvalue weighted by molar-refractivity contribution is -0.162. The Bertz CT molecular complexity index is 986. The molecule has 2 amide bonds. The summed E-state index contributed by atoms with van der Waals surface area (Å²) in [5.41, 5.74) is 0.262. The number of hydrogen-bond donors (Lipinski definition) is 1. The molecule has 9 nitrogen and oxygen atoms in total. The van der Waals surface area contributed by atoms with Crippen LogP contribution < -0.4 is 5.32 Å². The van der Waals surface area contributed by atoms with Crippen LogP contribution in [0.1, 0.15) is 58.9 Å². The highest BCUT2D eigenvalue weighted by atomic mass is 16.6. The summed E-state index contributed by atoms with van der Waals surface area (Å²) < 4.78 is 15.9. The molecule has 0 bridgehead atoms. The average molecular weight is 515 g/mol. The number of nitrogens with zero attached hydrogens (tertiary/aromatic N) is 1. The van der Waals surface area contributed by atoms with Crippen molar-refractivity contribution in [2.75, 3.05) is 13.2 Å². The van der Waals surface area contributed by atoms with Crippen LogP contribution in [0, 0.1) is 11.8 Å². The first-order valence-electron chi connectivity index (χ1n) is 12.9. The van der Waals surface area contributed by atoms with Gasteiger partial charge in [-0.1, -0.05) is 36.4 Å². The van der Waals surface area contributed by atoms with Crippen molar-refractivity contribution in [3.63, 3.8) is 0 Å². The Balaban J connectivity index is 1.64. The van der Waals surface area contributed by atoms with E-state index in [9.17, 15) is 19.2 Å². The molecule has 37 heavy (non-hydrogen) atoms. The maximum Gasteiger partial charge on any atom is 0.408 e. The Morgan fingerprint density at radius 3 is 2.49 bits per heavy atom. The Hall–Kier alpha value is -3.36. The zero-order valence-corrected chi connectivity index (χ0v) is 22.1. The van der Waals surface area contributed by atoms with E-state index in [4.69, 9.17) is 14.2 Å². The number of rotatable bonds is 8. The quantitative estimate of drug-likeness (QED) is 0.319. The van der Waals surface area contributed by atoms with Gasteiger partial charge in [0, 0.05) is 18.7 Å². The van der Waals surface area contributed by atoms with Gasteiger partial charge in [0.05, 0.1) is 12.5 Å². The van der Waals surface area contributed by atoms with E-state index in [0.29, 0.717) is 32.2 Å². The van der Waals surface area contributed by atoms with E-state index in [2.05, 4.69) is 5.32 Å². The number of carbonyl (C=O) groups excluding carboxylic acids is 4. The summed E-state index contributed by atoms with van der Waals surface area (Å²) in [5, 5.41) is 2.68. The summed E-state index contributed by atoms with van der Waals surface area (Å²) in [6.45, 7) is 8.06. The van der Waals surface area contributed by atoms with Gasteiger partial charge in [-0.05, 0) is 64.9 Å². The number of nitrogens with one attached hydrogen (secondary N) is 1. The minimum atomic E-state index is -0.679. The highest BCUT2D eigenvalue weighted by Crippen LogP contribution is 2.36. The summed E-state index contributed by atoms with van der Waals surface area (Å²) in [7, 11) is 0. The van der Waals surface area contributed by atoms with Crippen LogP contribution in [-0.2, 0) is 35.2 Å². The molecule has 1 aromatic rings. The fourth-order valence-corrected chi connectivity index (χ4v) is 4.85. The van der Waals surface area contributed by atoms with Crippen molar-refractivity contribution in [1.82, 2.24) is 10.2 Å². The van der Waals surface area contributed by atoms with Gasteiger partial charge in [0.25, 0.3) is 0 Å². The average Bonchev–Trinajstić information content (AvgIpc) is 3.20. The van der Waals surface area contributed by atoms with Crippen LogP contribution in [0.15, 0.2) is 42.5 Å². The Morgan fingerprint density at radius 2 is 1.81 bits per heavy atom. The first kappa shape index (κ1) is 28.2. The Kier molecular flexibility index (Phi) is 9.72. The first-order valence-corrected chi connectivity index (χ1v) is 12.9. The maximum absolute atomic E-state index is 13.3. The van der Waals surface area contributed by atoms with Gasteiger partial charge in [-0.3, -0.25) is 9.59 Å². The number of benzene rings is 1. The molecule has 202 valence electrons. The molecule has 1 saturated carbocycles. The molecule has 0 aromatic heterocycles. The maximum atomic E-state index is 13.3.